The van der Waals surface area contributed by atoms with E-state index in [0.717, 1.165) is 38.5 Å². The van der Waals surface area contributed by atoms with Gasteiger partial charge in [0.1, 0.15) is 12.2 Å². The van der Waals surface area contributed by atoms with Crippen LogP contribution < -0.4 is 0 Å². The molecule has 17 heavy (non-hydrogen) atoms. The fraction of sp³-hybridized carbons (Fsp3) is 0.833. The Morgan fingerprint density at radius 3 is 1.53 bits per heavy atom. The lowest BCUT2D eigenvalue weighted by Crippen LogP contribution is -2.14. The van der Waals surface area contributed by atoms with E-state index in [1.807, 2.05) is 0 Å². The Labute approximate surface area is 99.8 Å². The topological polar surface area (TPSA) is 90.7 Å². The van der Waals surface area contributed by atoms with Crippen LogP contribution in [-0.2, 0) is 19.1 Å². The third-order valence-electron chi connectivity index (χ3n) is 3.62. The van der Waals surface area contributed by atoms with Crippen molar-refractivity contribution in [3.8, 4) is 0 Å². The fourth-order valence-corrected chi connectivity index (χ4v) is 2.53. The first kappa shape index (κ1) is 12.7. The summed E-state index contributed by atoms with van der Waals surface area (Å²) in [4.78, 5) is 21.4. The van der Waals surface area contributed by atoms with E-state index in [2.05, 4.69) is 0 Å². The molecule has 5 heteroatoms. The first-order valence-electron chi connectivity index (χ1n) is 6.12. The fourth-order valence-electron chi connectivity index (χ4n) is 2.53. The van der Waals surface area contributed by atoms with E-state index in [9.17, 15) is 9.59 Å². The maximum absolute atomic E-state index is 10.7. The second kappa shape index (κ2) is 4.84. The SMILES string of the molecule is O.O=C1CCCC2OC12.O=C1CCCC2OC12. The average molecular weight is 242 g/mol. The van der Waals surface area contributed by atoms with Crippen molar-refractivity contribution in [2.45, 2.75) is 62.9 Å². The minimum Gasteiger partial charge on any atom is -0.412 e. The van der Waals surface area contributed by atoms with Gasteiger partial charge in [-0.15, -0.1) is 0 Å². The lowest BCUT2D eigenvalue weighted by molar-refractivity contribution is -0.121. The number of ketones is 2. The lowest BCUT2D eigenvalue weighted by Gasteiger charge is -2.00. The van der Waals surface area contributed by atoms with Crippen LogP contribution in [0.25, 0.3) is 0 Å². The van der Waals surface area contributed by atoms with Gasteiger partial charge in [0.25, 0.3) is 0 Å². The van der Waals surface area contributed by atoms with Crippen molar-refractivity contribution >= 4 is 11.6 Å². The Morgan fingerprint density at radius 1 is 0.824 bits per heavy atom. The number of ether oxygens (including phenoxy) is 2. The normalized spacial score (nSPS) is 41.2. The van der Waals surface area contributed by atoms with E-state index < -0.39 is 0 Å². The molecule has 0 amide bonds. The third kappa shape index (κ3) is 2.73. The molecule has 2 aliphatic heterocycles. The molecule has 0 aromatic rings. The summed E-state index contributed by atoms with van der Waals surface area (Å²) in [5.41, 5.74) is 0. The summed E-state index contributed by atoms with van der Waals surface area (Å²) in [6.07, 6.45) is 6.52. The van der Waals surface area contributed by atoms with Gasteiger partial charge in [-0.2, -0.15) is 0 Å². The monoisotopic (exact) mass is 242 g/mol. The van der Waals surface area contributed by atoms with Crippen LogP contribution >= 0.6 is 0 Å². The van der Waals surface area contributed by atoms with Crippen LogP contribution in [0.2, 0.25) is 0 Å². The van der Waals surface area contributed by atoms with E-state index in [0.29, 0.717) is 23.8 Å². The van der Waals surface area contributed by atoms with Crippen LogP contribution in [0.15, 0.2) is 0 Å². The summed E-state index contributed by atoms with van der Waals surface area (Å²) in [6, 6.07) is 0. The van der Waals surface area contributed by atoms with Gasteiger partial charge in [0.15, 0.2) is 11.6 Å². The second-order valence-electron chi connectivity index (χ2n) is 4.91. The maximum atomic E-state index is 10.7. The molecule has 4 rings (SSSR count). The molecule has 4 unspecified atom stereocenters. The number of fused-ring (bicyclic) bond motifs is 2. The zero-order chi connectivity index (χ0) is 11.1. The van der Waals surface area contributed by atoms with Gasteiger partial charge in [-0.05, 0) is 25.7 Å². The van der Waals surface area contributed by atoms with Gasteiger partial charge in [0.05, 0.1) is 12.2 Å². The van der Waals surface area contributed by atoms with Crippen molar-refractivity contribution in [1.82, 2.24) is 0 Å². The highest BCUT2D eigenvalue weighted by Crippen LogP contribution is 2.34. The summed E-state index contributed by atoms with van der Waals surface area (Å²) in [6.45, 7) is 0. The van der Waals surface area contributed by atoms with Crippen molar-refractivity contribution in [2.24, 2.45) is 0 Å². The Hall–Kier alpha value is -0.780. The number of carbonyl (C=O) groups excluding carboxylic acids is 2. The smallest absolute Gasteiger partial charge is 0.164 e. The van der Waals surface area contributed by atoms with Crippen LogP contribution in [0, 0.1) is 0 Å². The van der Waals surface area contributed by atoms with Gasteiger partial charge in [-0.1, -0.05) is 0 Å². The van der Waals surface area contributed by atoms with Crippen LogP contribution in [0.1, 0.15) is 38.5 Å². The third-order valence-corrected chi connectivity index (χ3v) is 3.62. The summed E-state index contributed by atoms with van der Waals surface area (Å²) < 4.78 is 10.1. The van der Waals surface area contributed by atoms with Crippen LogP contribution in [0.4, 0.5) is 0 Å². The summed E-state index contributed by atoms with van der Waals surface area (Å²) in [5.74, 6) is 0.641. The molecule has 4 aliphatic rings. The number of Topliss-reactive ketones (excluding diaryl/α,β-unsaturated/α-hetero) is 2. The van der Waals surface area contributed by atoms with E-state index >= 15 is 0 Å². The molecule has 0 aromatic carbocycles. The predicted octanol–water partition coefficient (Wildman–Crippen LogP) is 0.189. The Balaban J connectivity index is 0.000000120. The zero-order valence-electron chi connectivity index (χ0n) is 9.69. The highest BCUT2D eigenvalue weighted by molar-refractivity contribution is 5.87. The number of hydrogen-bond acceptors (Lipinski definition) is 4. The Bertz CT molecular complexity index is 295. The molecule has 2 aliphatic carbocycles. The molecule has 2 heterocycles. The van der Waals surface area contributed by atoms with Crippen molar-refractivity contribution < 1.29 is 24.5 Å². The lowest BCUT2D eigenvalue weighted by atomic mass is 10.00. The number of epoxide rings is 2. The second-order valence-corrected chi connectivity index (χ2v) is 4.91. The molecule has 2 saturated heterocycles. The van der Waals surface area contributed by atoms with Gasteiger partial charge >= 0.3 is 0 Å². The predicted molar refractivity (Wildman–Crippen MR) is 58.7 cm³/mol. The molecule has 0 bridgehead atoms. The van der Waals surface area contributed by atoms with E-state index in [1.54, 1.807) is 0 Å². The molecule has 0 aromatic heterocycles. The summed E-state index contributed by atoms with van der Waals surface area (Å²) >= 11 is 0. The zero-order valence-corrected chi connectivity index (χ0v) is 9.69. The largest absolute Gasteiger partial charge is 0.412 e. The van der Waals surface area contributed by atoms with Crippen molar-refractivity contribution in [2.75, 3.05) is 0 Å². The highest BCUT2D eigenvalue weighted by Gasteiger charge is 2.47. The molecular formula is C12H18O5. The van der Waals surface area contributed by atoms with Gasteiger partial charge in [-0.25, -0.2) is 0 Å². The minimum absolute atomic E-state index is 0. The van der Waals surface area contributed by atoms with Gasteiger partial charge in [-0.3, -0.25) is 9.59 Å². The van der Waals surface area contributed by atoms with Crippen molar-refractivity contribution in [1.29, 1.82) is 0 Å². The van der Waals surface area contributed by atoms with Crippen molar-refractivity contribution in [3.63, 3.8) is 0 Å². The first-order valence-corrected chi connectivity index (χ1v) is 6.12. The molecule has 2 N–H and O–H groups in total. The number of carbonyl (C=O) groups is 2. The molecular weight excluding hydrogens is 224 g/mol. The molecule has 4 fully saturated rings. The van der Waals surface area contributed by atoms with Crippen LogP contribution in [0.5, 0.6) is 0 Å². The quantitative estimate of drug-likeness (QED) is 0.567. The number of hydrogen-bond donors (Lipinski definition) is 0. The molecule has 96 valence electrons. The first-order chi connectivity index (χ1) is 7.75. The van der Waals surface area contributed by atoms with Gasteiger partial charge in [0.2, 0.25) is 0 Å². The summed E-state index contributed by atoms with van der Waals surface area (Å²) in [5, 5.41) is 0. The van der Waals surface area contributed by atoms with E-state index in [4.69, 9.17) is 9.47 Å². The maximum Gasteiger partial charge on any atom is 0.164 e. The standard InChI is InChI=1S/2C6H8O2.H2O/c2*7-4-2-1-3-5-6(4)8-5;/h2*5-6H,1-3H2;1H2. The van der Waals surface area contributed by atoms with Gasteiger partial charge < -0.3 is 14.9 Å². The Kier molecular flexibility index (Phi) is 3.61. The molecule has 0 spiro atoms. The number of rotatable bonds is 0. The highest BCUT2D eigenvalue weighted by atomic mass is 16.6. The molecule has 5 nitrogen and oxygen atoms in total. The van der Waals surface area contributed by atoms with Crippen LogP contribution in [0.3, 0.4) is 0 Å². The van der Waals surface area contributed by atoms with Gasteiger partial charge in [0, 0.05) is 12.8 Å². The van der Waals surface area contributed by atoms with Crippen molar-refractivity contribution in [3.05, 3.63) is 0 Å². The summed E-state index contributed by atoms with van der Waals surface area (Å²) in [7, 11) is 0. The van der Waals surface area contributed by atoms with Crippen LogP contribution in [-0.4, -0.2) is 41.5 Å². The Morgan fingerprint density at radius 2 is 1.24 bits per heavy atom. The minimum atomic E-state index is 0. The molecule has 4 atom stereocenters. The average Bonchev–Trinajstić information content (AvgIpc) is 3.13. The van der Waals surface area contributed by atoms with E-state index in [-0.39, 0.29) is 17.7 Å². The molecule has 2 saturated carbocycles. The molecule has 0 radical (unpaired) electrons. The van der Waals surface area contributed by atoms with E-state index in [1.165, 1.54) is 0 Å².